The van der Waals surface area contributed by atoms with Crippen LogP contribution in [0.5, 0.6) is 0 Å². The molecule has 0 aromatic carbocycles. The van der Waals surface area contributed by atoms with Crippen LogP contribution in [0, 0.1) is 0 Å². The highest BCUT2D eigenvalue weighted by Crippen LogP contribution is 2.39. The lowest BCUT2D eigenvalue weighted by molar-refractivity contribution is -0.146. The number of rotatable bonds is 5. The number of hydrogen-bond donors (Lipinski definition) is 3. The Labute approximate surface area is 137 Å². The molecule has 0 radical (unpaired) electrons. The summed E-state index contributed by atoms with van der Waals surface area (Å²) in [7, 11) is 0. The molecule has 2 fully saturated rings. The molecular formula is C13H18N6O3S. The summed E-state index contributed by atoms with van der Waals surface area (Å²) in [5.74, 6) is -0.748. The molecule has 9 nitrogen and oxygen atoms in total. The van der Waals surface area contributed by atoms with E-state index in [-0.39, 0.29) is 17.0 Å². The van der Waals surface area contributed by atoms with Gasteiger partial charge in [-0.25, -0.2) is 9.80 Å². The van der Waals surface area contributed by atoms with Gasteiger partial charge in [0.05, 0.1) is 18.0 Å². The van der Waals surface area contributed by atoms with E-state index in [0.717, 1.165) is 26.2 Å². The van der Waals surface area contributed by atoms with Crippen LogP contribution < -0.4 is 10.7 Å². The number of fused-ring (bicyclic) bond motifs is 1. The number of hydrogen-bond acceptors (Lipinski definition) is 7. The van der Waals surface area contributed by atoms with Crippen LogP contribution in [0.1, 0.15) is 6.42 Å². The lowest BCUT2D eigenvalue weighted by Crippen LogP contribution is -2.54. The van der Waals surface area contributed by atoms with Crippen molar-refractivity contribution in [2.45, 2.75) is 11.8 Å². The maximum absolute atomic E-state index is 11.6. The van der Waals surface area contributed by atoms with E-state index in [1.807, 2.05) is 5.01 Å². The maximum atomic E-state index is 11.6. The normalized spacial score (nSPS) is 25.8. The molecule has 0 saturated carbocycles. The number of aliphatic carboxylic acids is 1. The molecule has 3 N–H and O–H groups in total. The zero-order valence-electron chi connectivity index (χ0n) is 12.4. The summed E-state index contributed by atoms with van der Waals surface area (Å²) in [5, 5.41) is 22.3. The second-order valence-electron chi connectivity index (χ2n) is 5.27. The summed E-state index contributed by atoms with van der Waals surface area (Å²) in [4.78, 5) is 24.3. The molecule has 0 unspecified atom stereocenters. The fourth-order valence-corrected chi connectivity index (χ4v) is 3.79. The van der Waals surface area contributed by atoms with Gasteiger partial charge >= 0.3 is 5.97 Å². The van der Waals surface area contributed by atoms with Crippen molar-refractivity contribution in [3.63, 3.8) is 0 Å². The first-order valence-corrected chi connectivity index (χ1v) is 8.38. The number of carboxylic acids is 1. The SMILES string of the molecule is O=C(O)C1=C(C=NN=CNN2CCNCC2)CS[C@H]2CC(=O)N12. The molecule has 1 amide bonds. The molecule has 0 aromatic rings. The minimum atomic E-state index is -1.10. The van der Waals surface area contributed by atoms with Crippen LogP contribution >= 0.6 is 11.8 Å². The first-order chi connectivity index (χ1) is 11.2. The van der Waals surface area contributed by atoms with Crippen molar-refractivity contribution >= 4 is 36.2 Å². The van der Waals surface area contributed by atoms with Gasteiger partial charge in [-0.2, -0.15) is 5.10 Å². The maximum Gasteiger partial charge on any atom is 0.353 e. The van der Waals surface area contributed by atoms with E-state index < -0.39 is 5.97 Å². The first kappa shape index (κ1) is 16.0. The van der Waals surface area contributed by atoms with E-state index in [1.165, 1.54) is 17.5 Å². The summed E-state index contributed by atoms with van der Waals surface area (Å²) < 4.78 is 0. The third-order valence-electron chi connectivity index (χ3n) is 3.78. The minimum absolute atomic E-state index is 0.0269. The van der Waals surface area contributed by atoms with Gasteiger partial charge < -0.3 is 15.8 Å². The number of hydrazine groups is 1. The van der Waals surface area contributed by atoms with Gasteiger partial charge in [0.1, 0.15) is 12.0 Å². The summed E-state index contributed by atoms with van der Waals surface area (Å²) in [6.07, 6.45) is 3.28. The van der Waals surface area contributed by atoms with Crippen molar-refractivity contribution in [3.05, 3.63) is 11.3 Å². The molecule has 0 bridgehead atoms. The number of thioether (sulfide) groups is 1. The van der Waals surface area contributed by atoms with Crippen LogP contribution in [0.3, 0.4) is 0 Å². The largest absolute Gasteiger partial charge is 0.477 e. The van der Waals surface area contributed by atoms with Crippen LogP contribution in [0.2, 0.25) is 0 Å². The Morgan fingerprint density at radius 3 is 2.87 bits per heavy atom. The van der Waals surface area contributed by atoms with E-state index in [1.54, 1.807) is 11.8 Å². The minimum Gasteiger partial charge on any atom is -0.477 e. The first-order valence-electron chi connectivity index (χ1n) is 7.33. The number of carbonyl (C=O) groups is 2. The fraction of sp³-hybridized carbons (Fsp3) is 0.538. The van der Waals surface area contributed by atoms with E-state index >= 15 is 0 Å². The number of carbonyl (C=O) groups excluding carboxylic acids is 1. The second-order valence-corrected chi connectivity index (χ2v) is 6.43. The van der Waals surface area contributed by atoms with Crippen molar-refractivity contribution in [2.75, 3.05) is 31.9 Å². The van der Waals surface area contributed by atoms with Crippen LogP contribution in [0.15, 0.2) is 21.5 Å². The van der Waals surface area contributed by atoms with Crippen LogP contribution in [-0.4, -0.2) is 76.8 Å². The predicted molar refractivity (Wildman–Crippen MR) is 86.9 cm³/mol. The highest BCUT2D eigenvalue weighted by molar-refractivity contribution is 8.00. The lowest BCUT2D eigenvalue weighted by atomic mass is 10.1. The number of piperazine rings is 1. The molecule has 0 aliphatic carbocycles. The molecule has 3 aliphatic heterocycles. The number of β-lactam (4-membered cyclic amide) rings is 1. The standard InChI is InChI=1S/C13H18N6O3S/c20-10-5-11-19(10)12(13(21)22)9(7-23-11)6-15-16-8-17-18-3-1-14-2-4-18/h6,8,11,14H,1-5,7H2,(H,16,17)(H,21,22)/t11-/m0/s1. The predicted octanol–water partition coefficient (Wildman–Crippen LogP) is -0.946. The van der Waals surface area contributed by atoms with Gasteiger partial charge in [-0.1, -0.05) is 0 Å². The van der Waals surface area contributed by atoms with Gasteiger partial charge in [0.2, 0.25) is 5.91 Å². The third-order valence-corrected chi connectivity index (χ3v) is 5.02. The Morgan fingerprint density at radius 2 is 2.17 bits per heavy atom. The van der Waals surface area contributed by atoms with Crippen LogP contribution in [0.25, 0.3) is 0 Å². The average Bonchev–Trinajstić information content (AvgIpc) is 2.54. The van der Waals surface area contributed by atoms with E-state index in [0.29, 0.717) is 17.7 Å². The molecule has 2 saturated heterocycles. The second kappa shape index (κ2) is 7.11. The molecule has 3 aliphatic rings. The summed E-state index contributed by atoms with van der Waals surface area (Å²) in [6, 6.07) is 0. The number of nitrogens with zero attached hydrogens (tertiary/aromatic N) is 4. The quantitative estimate of drug-likeness (QED) is 0.257. The van der Waals surface area contributed by atoms with E-state index in [4.69, 9.17) is 0 Å². The van der Waals surface area contributed by atoms with E-state index in [2.05, 4.69) is 20.9 Å². The fourth-order valence-electron chi connectivity index (χ4n) is 2.57. The molecule has 0 spiro atoms. The summed E-state index contributed by atoms with van der Waals surface area (Å²) >= 11 is 1.54. The third kappa shape index (κ3) is 3.54. The van der Waals surface area contributed by atoms with Gasteiger partial charge in [-0.05, 0) is 0 Å². The molecule has 10 heteroatoms. The zero-order chi connectivity index (χ0) is 16.2. The smallest absolute Gasteiger partial charge is 0.353 e. The van der Waals surface area contributed by atoms with Crippen molar-refractivity contribution in [2.24, 2.45) is 10.2 Å². The van der Waals surface area contributed by atoms with Crippen LogP contribution in [0.4, 0.5) is 0 Å². The Hall–Kier alpha value is -1.91. The van der Waals surface area contributed by atoms with Crippen LogP contribution in [-0.2, 0) is 9.59 Å². The van der Waals surface area contributed by atoms with Crippen molar-refractivity contribution in [1.29, 1.82) is 0 Å². The molecule has 3 rings (SSSR count). The Balaban J connectivity index is 1.61. The van der Waals surface area contributed by atoms with Gasteiger partial charge in [-0.3, -0.25) is 9.69 Å². The highest BCUT2D eigenvalue weighted by Gasteiger charge is 2.44. The molecule has 23 heavy (non-hydrogen) atoms. The Kier molecular flexibility index (Phi) is 4.94. The highest BCUT2D eigenvalue weighted by atomic mass is 32.2. The lowest BCUT2D eigenvalue weighted by Gasteiger charge is -2.43. The molecule has 0 aromatic heterocycles. The number of nitrogens with one attached hydrogen (secondary N) is 2. The van der Waals surface area contributed by atoms with Crippen molar-refractivity contribution < 1.29 is 14.7 Å². The monoisotopic (exact) mass is 338 g/mol. The Morgan fingerprint density at radius 1 is 1.39 bits per heavy atom. The van der Waals surface area contributed by atoms with Crippen molar-refractivity contribution in [1.82, 2.24) is 20.7 Å². The van der Waals surface area contributed by atoms with Gasteiger partial charge in [0.15, 0.2) is 0 Å². The van der Waals surface area contributed by atoms with Crippen molar-refractivity contribution in [3.8, 4) is 0 Å². The number of carboxylic acid groups (broad SMARTS) is 1. The summed E-state index contributed by atoms with van der Waals surface area (Å²) in [5.41, 5.74) is 3.55. The van der Waals surface area contributed by atoms with Gasteiger partial charge in [0.25, 0.3) is 0 Å². The van der Waals surface area contributed by atoms with Gasteiger partial charge in [-0.15, -0.1) is 16.9 Å². The molecule has 124 valence electrons. The van der Waals surface area contributed by atoms with E-state index in [9.17, 15) is 14.7 Å². The summed E-state index contributed by atoms with van der Waals surface area (Å²) in [6.45, 7) is 3.58. The Bertz CT molecular complexity index is 584. The topological polar surface area (TPSA) is 110 Å². The molecule has 3 heterocycles. The average molecular weight is 338 g/mol. The molecular weight excluding hydrogens is 320 g/mol. The van der Waals surface area contributed by atoms with Gasteiger partial charge in [0, 0.05) is 37.5 Å². The molecule has 1 atom stereocenters. The number of amides is 1. The zero-order valence-corrected chi connectivity index (χ0v) is 13.3.